The fraction of sp³-hybridized carbons (Fsp3) is 0.765. The lowest BCUT2D eigenvalue weighted by Gasteiger charge is -2.33. The molecule has 2 saturated heterocycles. The first-order valence-electron chi connectivity index (χ1n) is 17.1. The molecule has 2 aliphatic heterocycles. The Morgan fingerprint density at radius 2 is 1.53 bits per heavy atom. The summed E-state index contributed by atoms with van der Waals surface area (Å²) in [7, 11) is 0. The predicted octanol–water partition coefficient (Wildman–Crippen LogP) is 3.41. The SMILES string of the molecule is C=CCNC(=O)C(=O)[C@@H]1CCCCCCCCC[C@H](NC(=O)N[C@H](C(=O)C2CC2)C(C)C)C(=O)N2CC[C@H](C(C)C)[C@H]2C(=O)N1. The van der Waals surface area contributed by atoms with Crippen LogP contribution < -0.4 is 21.3 Å². The monoisotopic (exact) mass is 629 g/mol. The van der Waals surface area contributed by atoms with Gasteiger partial charge in [0.1, 0.15) is 12.1 Å². The van der Waals surface area contributed by atoms with Crippen molar-refractivity contribution in [2.75, 3.05) is 13.1 Å². The van der Waals surface area contributed by atoms with Gasteiger partial charge in [0, 0.05) is 19.0 Å². The molecular formula is C34H55N5O6. The molecule has 252 valence electrons. The minimum absolute atomic E-state index is 0.0115. The van der Waals surface area contributed by atoms with Crippen LogP contribution in [0.5, 0.6) is 0 Å². The highest BCUT2D eigenvalue weighted by molar-refractivity contribution is 6.38. The van der Waals surface area contributed by atoms with Crippen molar-refractivity contribution in [3.8, 4) is 0 Å². The number of nitrogens with one attached hydrogen (secondary N) is 4. The van der Waals surface area contributed by atoms with Crippen molar-refractivity contribution >= 4 is 35.3 Å². The maximum Gasteiger partial charge on any atom is 0.316 e. The Labute approximate surface area is 268 Å². The normalized spacial score (nSPS) is 26.0. The standard InChI is InChI=1S/C34H55N5O6/c1-6-19-35-32(43)30(41)25-14-12-10-8-7-9-11-13-15-26(37-34(45)38-27(22(4)5)29(40)23-16-17-23)33(44)39-20-18-24(21(2)3)28(39)31(42)36-25/h6,21-28H,1,7-20H2,2-5H3,(H,35,43)(H,36,42)(H2,37,38,45)/t24-,25+,26+,27+,28+/m1/s1. The van der Waals surface area contributed by atoms with E-state index in [1.165, 1.54) is 6.08 Å². The first kappa shape index (κ1) is 36.2. The Bertz CT molecular complexity index is 1090. The Balaban J connectivity index is 1.85. The van der Waals surface area contributed by atoms with Crippen LogP contribution in [-0.2, 0) is 24.0 Å². The van der Waals surface area contributed by atoms with Gasteiger partial charge in [-0.25, -0.2) is 4.79 Å². The van der Waals surface area contributed by atoms with Crippen molar-refractivity contribution in [1.29, 1.82) is 0 Å². The Kier molecular flexibility index (Phi) is 14.1. The van der Waals surface area contributed by atoms with E-state index in [9.17, 15) is 28.8 Å². The molecule has 1 aliphatic carbocycles. The van der Waals surface area contributed by atoms with Crippen LogP contribution >= 0.6 is 0 Å². The van der Waals surface area contributed by atoms with Gasteiger partial charge >= 0.3 is 6.03 Å². The zero-order valence-corrected chi connectivity index (χ0v) is 27.7. The number of hydrogen-bond donors (Lipinski definition) is 4. The zero-order valence-electron chi connectivity index (χ0n) is 27.7. The van der Waals surface area contributed by atoms with Gasteiger partial charge in [0.15, 0.2) is 5.78 Å². The third kappa shape index (κ3) is 10.4. The van der Waals surface area contributed by atoms with Gasteiger partial charge in [-0.3, -0.25) is 24.0 Å². The molecule has 0 radical (unpaired) electrons. The zero-order chi connectivity index (χ0) is 33.1. The maximum atomic E-state index is 14.2. The summed E-state index contributed by atoms with van der Waals surface area (Å²) in [6.45, 7) is 11.8. The fourth-order valence-corrected chi connectivity index (χ4v) is 6.60. The van der Waals surface area contributed by atoms with Gasteiger partial charge in [-0.05, 0) is 49.9 Å². The lowest BCUT2D eigenvalue weighted by Crippen LogP contribution is -2.59. The van der Waals surface area contributed by atoms with E-state index in [-0.39, 0.29) is 41.9 Å². The first-order valence-corrected chi connectivity index (χ1v) is 17.1. The molecule has 5 atom stereocenters. The first-order chi connectivity index (χ1) is 21.5. The summed E-state index contributed by atoms with van der Waals surface area (Å²) in [5.74, 6) is -2.45. The minimum Gasteiger partial charge on any atom is -0.346 e. The number of urea groups is 1. The van der Waals surface area contributed by atoms with Crippen LogP contribution in [0.1, 0.15) is 105 Å². The summed E-state index contributed by atoms with van der Waals surface area (Å²) in [6, 6.07) is -3.91. The number of carbonyl (C=O) groups excluding carboxylic acids is 6. The molecule has 0 aromatic heterocycles. The van der Waals surface area contributed by atoms with E-state index >= 15 is 0 Å². The van der Waals surface area contributed by atoms with E-state index in [2.05, 4.69) is 27.8 Å². The molecule has 3 fully saturated rings. The summed E-state index contributed by atoms with van der Waals surface area (Å²) in [6.07, 6.45) is 10.6. The van der Waals surface area contributed by atoms with Crippen molar-refractivity contribution in [2.24, 2.45) is 23.7 Å². The molecule has 5 amide bonds. The molecule has 45 heavy (non-hydrogen) atoms. The van der Waals surface area contributed by atoms with E-state index in [4.69, 9.17) is 0 Å². The molecule has 0 spiro atoms. The minimum atomic E-state index is -1.00. The van der Waals surface area contributed by atoms with Crippen LogP contribution in [0, 0.1) is 23.7 Å². The van der Waals surface area contributed by atoms with E-state index in [1.807, 2.05) is 27.7 Å². The van der Waals surface area contributed by atoms with Crippen molar-refractivity contribution in [3.05, 3.63) is 12.7 Å². The highest BCUT2D eigenvalue weighted by Gasteiger charge is 2.46. The van der Waals surface area contributed by atoms with Gasteiger partial charge in [0.25, 0.3) is 5.91 Å². The molecule has 4 N–H and O–H groups in total. The topological polar surface area (TPSA) is 154 Å². The Hall–Kier alpha value is -3.24. The van der Waals surface area contributed by atoms with Crippen molar-refractivity contribution in [1.82, 2.24) is 26.2 Å². The number of carbonyl (C=O) groups is 6. The van der Waals surface area contributed by atoms with Gasteiger partial charge < -0.3 is 26.2 Å². The summed E-state index contributed by atoms with van der Waals surface area (Å²) in [4.78, 5) is 81.5. The summed E-state index contributed by atoms with van der Waals surface area (Å²) in [5.41, 5.74) is 0. The number of ketones is 2. The molecule has 0 bridgehead atoms. The van der Waals surface area contributed by atoms with Crippen LogP contribution in [0.3, 0.4) is 0 Å². The molecule has 3 rings (SSSR count). The van der Waals surface area contributed by atoms with Gasteiger partial charge in [-0.2, -0.15) is 0 Å². The van der Waals surface area contributed by atoms with E-state index < -0.39 is 47.8 Å². The van der Waals surface area contributed by atoms with E-state index in [0.717, 1.165) is 51.4 Å². The second-order valence-corrected chi connectivity index (χ2v) is 13.7. The number of fused-ring (bicyclic) bond motifs is 1. The van der Waals surface area contributed by atoms with Gasteiger partial charge in [-0.1, -0.05) is 78.7 Å². The highest BCUT2D eigenvalue weighted by Crippen LogP contribution is 2.33. The number of hydrogen-bond acceptors (Lipinski definition) is 6. The second kappa shape index (κ2) is 17.5. The van der Waals surface area contributed by atoms with Gasteiger partial charge in [0.2, 0.25) is 17.6 Å². The molecule has 1 saturated carbocycles. The van der Waals surface area contributed by atoms with Crippen molar-refractivity contribution in [3.63, 3.8) is 0 Å². The summed E-state index contributed by atoms with van der Waals surface area (Å²) < 4.78 is 0. The molecule has 11 nitrogen and oxygen atoms in total. The molecule has 3 aliphatic rings. The maximum absolute atomic E-state index is 14.2. The van der Waals surface area contributed by atoms with Gasteiger partial charge in [-0.15, -0.1) is 6.58 Å². The largest absolute Gasteiger partial charge is 0.346 e. The van der Waals surface area contributed by atoms with Gasteiger partial charge in [0.05, 0.1) is 12.1 Å². The van der Waals surface area contributed by atoms with Crippen molar-refractivity contribution < 1.29 is 28.8 Å². The smallest absolute Gasteiger partial charge is 0.316 e. The Morgan fingerprint density at radius 1 is 0.911 bits per heavy atom. The average molecular weight is 630 g/mol. The van der Waals surface area contributed by atoms with Crippen LogP contribution in [0.15, 0.2) is 12.7 Å². The number of amides is 5. The molecule has 0 aromatic carbocycles. The van der Waals surface area contributed by atoms with Crippen LogP contribution in [-0.4, -0.2) is 77.5 Å². The Morgan fingerprint density at radius 3 is 2.11 bits per heavy atom. The number of Topliss-reactive ketones (excluding diaryl/α,β-unsaturated/α-hetero) is 2. The van der Waals surface area contributed by atoms with Crippen LogP contribution in [0.2, 0.25) is 0 Å². The summed E-state index contributed by atoms with van der Waals surface area (Å²) >= 11 is 0. The fourth-order valence-electron chi connectivity index (χ4n) is 6.60. The van der Waals surface area contributed by atoms with Crippen LogP contribution in [0.4, 0.5) is 4.79 Å². The molecule has 0 aromatic rings. The quantitative estimate of drug-likeness (QED) is 0.215. The van der Waals surface area contributed by atoms with Crippen LogP contribution in [0.25, 0.3) is 0 Å². The highest BCUT2D eigenvalue weighted by atomic mass is 16.2. The molecule has 11 heteroatoms. The molecule has 2 heterocycles. The second-order valence-electron chi connectivity index (χ2n) is 13.7. The molecular weight excluding hydrogens is 574 g/mol. The average Bonchev–Trinajstić information content (AvgIpc) is 3.75. The lowest BCUT2D eigenvalue weighted by molar-refractivity contribution is -0.143. The number of rotatable bonds is 10. The third-order valence-electron chi connectivity index (χ3n) is 9.44. The molecule has 0 unspecified atom stereocenters. The third-order valence-corrected chi connectivity index (χ3v) is 9.44. The summed E-state index contributed by atoms with van der Waals surface area (Å²) in [5, 5.41) is 11.1. The van der Waals surface area contributed by atoms with E-state index in [0.29, 0.717) is 32.2 Å². The lowest BCUT2D eigenvalue weighted by atomic mass is 9.87. The number of nitrogens with zero attached hydrogens (tertiary/aromatic N) is 1. The van der Waals surface area contributed by atoms with E-state index in [1.54, 1.807) is 4.90 Å². The van der Waals surface area contributed by atoms with Crippen molar-refractivity contribution in [2.45, 2.75) is 129 Å². The predicted molar refractivity (Wildman–Crippen MR) is 172 cm³/mol.